The van der Waals surface area contributed by atoms with Gasteiger partial charge in [-0.1, -0.05) is 74.5 Å². The highest BCUT2D eigenvalue weighted by molar-refractivity contribution is 5.72. The van der Waals surface area contributed by atoms with E-state index in [9.17, 15) is 9.90 Å². The minimum absolute atomic E-state index is 0.226. The van der Waals surface area contributed by atoms with E-state index in [4.69, 9.17) is 4.74 Å². The van der Waals surface area contributed by atoms with Gasteiger partial charge in [-0.3, -0.25) is 4.98 Å². The number of hydrogen-bond acceptors (Lipinski definition) is 3. The molecule has 1 N–H and O–H groups in total. The molecule has 0 spiro atoms. The van der Waals surface area contributed by atoms with Crippen molar-refractivity contribution in [3.63, 3.8) is 0 Å². The standard InChI is InChI=1S/C25H27NO3/c1-17(2)15-23(25(27)28)29-24(20-7-5-4-6-8-20)21-13-11-19(12-14-21)22-10-9-18(3)26-16-22/h4-14,16-17,23-24H,15H2,1-3H3,(H,27,28)/t23-,24+/m0/s1. The molecule has 2 aromatic carbocycles. The van der Waals surface area contributed by atoms with Crippen molar-refractivity contribution in [2.24, 2.45) is 5.92 Å². The molecule has 29 heavy (non-hydrogen) atoms. The molecular formula is C25H27NO3. The Kier molecular flexibility index (Phi) is 6.78. The van der Waals surface area contributed by atoms with Crippen LogP contribution in [0.3, 0.4) is 0 Å². The maximum Gasteiger partial charge on any atom is 0.332 e. The first-order chi connectivity index (χ1) is 13.9. The van der Waals surface area contributed by atoms with Gasteiger partial charge in [-0.05, 0) is 42.0 Å². The monoisotopic (exact) mass is 389 g/mol. The molecule has 0 aliphatic carbocycles. The molecule has 0 radical (unpaired) electrons. The molecule has 0 unspecified atom stereocenters. The maximum atomic E-state index is 11.8. The largest absolute Gasteiger partial charge is 0.479 e. The molecule has 2 atom stereocenters. The summed E-state index contributed by atoms with van der Waals surface area (Å²) >= 11 is 0. The second-order valence-corrected chi connectivity index (χ2v) is 7.69. The molecule has 3 rings (SSSR count). The zero-order valence-electron chi connectivity index (χ0n) is 17.1. The number of carbonyl (C=O) groups is 1. The fourth-order valence-electron chi connectivity index (χ4n) is 3.27. The second-order valence-electron chi connectivity index (χ2n) is 7.69. The van der Waals surface area contributed by atoms with Gasteiger partial charge in [0, 0.05) is 17.5 Å². The molecular weight excluding hydrogens is 362 g/mol. The molecule has 3 aromatic rings. The Bertz CT molecular complexity index is 919. The zero-order valence-corrected chi connectivity index (χ0v) is 17.1. The van der Waals surface area contributed by atoms with Crippen molar-refractivity contribution >= 4 is 5.97 Å². The van der Waals surface area contributed by atoms with Crippen molar-refractivity contribution in [3.05, 3.63) is 89.7 Å². The summed E-state index contributed by atoms with van der Waals surface area (Å²) in [5.41, 5.74) is 4.95. The lowest BCUT2D eigenvalue weighted by Crippen LogP contribution is -2.28. The van der Waals surface area contributed by atoms with E-state index in [0.29, 0.717) is 6.42 Å². The number of carboxylic acids is 1. The van der Waals surface area contributed by atoms with Crippen molar-refractivity contribution in [2.45, 2.75) is 39.4 Å². The van der Waals surface area contributed by atoms with Crippen molar-refractivity contribution in [2.75, 3.05) is 0 Å². The van der Waals surface area contributed by atoms with E-state index in [1.807, 2.05) is 93.7 Å². The molecule has 0 saturated heterocycles. The number of aryl methyl sites for hydroxylation is 1. The average molecular weight is 389 g/mol. The Labute approximate surface area is 172 Å². The Balaban J connectivity index is 1.91. The summed E-state index contributed by atoms with van der Waals surface area (Å²) in [6, 6.07) is 21.9. The minimum Gasteiger partial charge on any atom is -0.479 e. The van der Waals surface area contributed by atoms with Crippen molar-refractivity contribution in [1.82, 2.24) is 4.98 Å². The summed E-state index contributed by atoms with van der Waals surface area (Å²) in [5.74, 6) is -0.703. The molecule has 4 nitrogen and oxygen atoms in total. The van der Waals surface area contributed by atoms with Crippen LogP contribution in [0.4, 0.5) is 0 Å². The molecule has 4 heteroatoms. The Morgan fingerprint density at radius 3 is 2.10 bits per heavy atom. The highest BCUT2D eigenvalue weighted by atomic mass is 16.5. The summed E-state index contributed by atoms with van der Waals surface area (Å²) in [6.07, 6.45) is 1.02. The van der Waals surface area contributed by atoms with Crippen LogP contribution in [-0.2, 0) is 9.53 Å². The molecule has 1 heterocycles. The third-order valence-electron chi connectivity index (χ3n) is 4.82. The summed E-state index contributed by atoms with van der Waals surface area (Å²) in [5, 5.41) is 9.65. The third kappa shape index (κ3) is 5.52. The van der Waals surface area contributed by atoms with Crippen molar-refractivity contribution in [3.8, 4) is 11.1 Å². The Morgan fingerprint density at radius 1 is 0.931 bits per heavy atom. The lowest BCUT2D eigenvalue weighted by Gasteiger charge is -2.24. The van der Waals surface area contributed by atoms with Crippen LogP contribution in [0.25, 0.3) is 11.1 Å². The number of ether oxygens (including phenoxy) is 1. The van der Waals surface area contributed by atoms with E-state index >= 15 is 0 Å². The molecule has 0 aliphatic rings. The normalized spacial score (nSPS) is 13.2. The van der Waals surface area contributed by atoms with Crippen LogP contribution < -0.4 is 0 Å². The van der Waals surface area contributed by atoms with Crippen LogP contribution in [0.15, 0.2) is 72.9 Å². The first-order valence-corrected chi connectivity index (χ1v) is 9.90. The quantitative estimate of drug-likeness (QED) is 0.540. The number of carboxylic acid groups (broad SMARTS) is 1. The predicted molar refractivity (Wildman–Crippen MR) is 115 cm³/mol. The summed E-state index contributed by atoms with van der Waals surface area (Å²) in [4.78, 5) is 16.1. The van der Waals surface area contributed by atoms with Gasteiger partial charge in [0.15, 0.2) is 6.10 Å². The zero-order chi connectivity index (χ0) is 20.8. The molecule has 150 valence electrons. The van der Waals surface area contributed by atoms with E-state index in [0.717, 1.165) is 27.9 Å². The Morgan fingerprint density at radius 2 is 1.55 bits per heavy atom. The highest BCUT2D eigenvalue weighted by Gasteiger charge is 2.26. The van der Waals surface area contributed by atoms with Gasteiger partial charge in [0.1, 0.15) is 6.10 Å². The van der Waals surface area contributed by atoms with Crippen LogP contribution in [0.5, 0.6) is 0 Å². The predicted octanol–water partition coefficient (Wildman–Crippen LogP) is 5.66. The van der Waals surface area contributed by atoms with E-state index in [1.54, 1.807) is 0 Å². The maximum absolute atomic E-state index is 11.8. The highest BCUT2D eigenvalue weighted by Crippen LogP contribution is 2.30. The van der Waals surface area contributed by atoms with Gasteiger partial charge in [-0.25, -0.2) is 4.79 Å². The number of benzene rings is 2. The number of pyridine rings is 1. The third-order valence-corrected chi connectivity index (χ3v) is 4.82. The topological polar surface area (TPSA) is 59.4 Å². The Hall–Kier alpha value is -2.98. The van der Waals surface area contributed by atoms with Crippen LogP contribution in [0, 0.1) is 12.8 Å². The van der Waals surface area contributed by atoms with Crippen LogP contribution in [0.2, 0.25) is 0 Å². The van der Waals surface area contributed by atoms with Crippen molar-refractivity contribution in [1.29, 1.82) is 0 Å². The van der Waals surface area contributed by atoms with Gasteiger partial charge < -0.3 is 9.84 Å². The van der Waals surface area contributed by atoms with Gasteiger partial charge in [-0.2, -0.15) is 0 Å². The smallest absolute Gasteiger partial charge is 0.332 e. The number of aliphatic carboxylic acids is 1. The number of rotatable bonds is 8. The lowest BCUT2D eigenvalue weighted by molar-refractivity contribution is -0.154. The van der Waals surface area contributed by atoms with E-state index < -0.39 is 18.2 Å². The van der Waals surface area contributed by atoms with E-state index in [-0.39, 0.29) is 5.92 Å². The molecule has 0 fully saturated rings. The van der Waals surface area contributed by atoms with Crippen LogP contribution in [-0.4, -0.2) is 22.2 Å². The van der Waals surface area contributed by atoms with Crippen LogP contribution >= 0.6 is 0 Å². The number of nitrogens with zero attached hydrogens (tertiary/aromatic N) is 1. The van der Waals surface area contributed by atoms with Gasteiger partial charge in [0.05, 0.1) is 0 Å². The molecule has 0 bridgehead atoms. The van der Waals surface area contributed by atoms with Gasteiger partial charge in [0.25, 0.3) is 0 Å². The average Bonchev–Trinajstić information content (AvgIpc) is 2.72. The van der Waals surface area contributed by atoms with Gasteiger partial charge in [-0.15, -0.1) is 0 Å². The van der Waals surface area contributed by atoms with E-state index in [2.05, 4.69) is 4.98 Å². The number of aromatic nitrogens is 1. The summed E-state index contributed by atoms with van der Waals surface area (Å²) in [6.45, 7) is 5.97. The lowest BCUT2D eigenvalue weighted by atomic mass is 9.97. The summed E-state index contributed by atoms with van der Waals surface area (Å²) < 4.78 is 6.14. The summed E-state index contributed by atoms with van der Waals surface area (Å²) in [7, 11) is 0. The molecule has 0 amide bonds. The van der Waals surface area contributed by atoms with Crippen LogP contribution in [0.1, 0.15) is 43.2 Å². The molecule has 1 aromatic heterocycles. The first kappa shape index (κ1) is 20.7. The molecule has 0 saturated carbocycles. The SMILES string of the molecule is Cc1ccc(-c2ccc([C@H](O[C@@H](CC(C)C)C(=O)O)c3ccccc3)cc2)cn1. The fraction of sp³-hybridized carbons (Fsp3) is 0.280. The van der Waals surface area contributed by atoms with Crippen molar-refractivity contribution < 1.29 is 14.6 Å². The minimum atomic E-state index is -0.929. The second kappa shape index (κ2) is 9.48. The first-order valence-electron chi connectivity index (χ1n) is 9.90. The fourth-order valence-corrected chi connectivity index (χ4v) is 3.27. The van der Waals surface area contributed by atoms with Gasteiger partial charge in [0.2, 0.25) is 0 Å². The number of hydrogen-bond donors (Lipinski definition) is 1. The van der Waals surface area contributed by atoms with Gasteiger partial charge >= 0.3 is 5.97 Å². The molecule has 0 aliphatic heterocycles. The van der Waals surface area contributed by atoms with E-state index in [1.165, 1.54) is 0 Å².